The SMILES string of the molecule is O=C(c1cn(CCC2CCCCN2C(=O)c2cnccn2)nn1)N1CCOCC1. The van der Waals surface area contributed by atoms with Gasteiger partial charge in [-0.05, 0) is 25.7 Å². The van der Waals surface area contributed by atoms with E-state index in [9.17, 15) is 9.59 Å². The molecule has 2 aliphatic heterocycles. The van der Waals surface area contributed by atoms with E-state index in [0.29, 0.717) is 44.2 Å². The molecule has 4 heterocycles. The van der Waals surface area contributed by atoms with E-state index in [1.807, 2.05) is 4.90 Å². The van der Waals surface area contributed by atoms with Crippen LogP contribution >= 0.6 is 0 Å². The van der Waals surface area contributed by atoms with Crippen molar-refractivity contribution in [3.63, 3.8) is 0 Å². The molecule has 2 aromatic rings. The summed E-state index contributed by atoms with van der Waals surface area (Å²) in [5.74, 6) is -0.193. The monoisotopic (exact) mass is 399 g/mol. The lowest BCUT2D eigenvalue weighted by atomic mass is 9.99. The maximum atomic E-state index is 12.8. The number of aromatic nitrogens is 5. The maximum absolute atomic E-state index is 12.8. The van der Waals surface area contributed by atoms with Gasteiger partial charge in [0.2, 0.25) is 0 Å². The normalized spacial score (nSPS) is 19.9. The molecule has 0 aliphatic carbocycles. The van der Waals surface area contributed by atoms with Crippen molar-refractivity contribution in [2.75, 3.05) is 32.8 Å². The second-order valence-electron chi connectivity index (χ2n) is 7.30. The van der Waals surface area contributed by atoms with E-state index < -0.39 is 0 Å². The first kappa shape index (κ1) is 19.4. The molecule has 1 unspecified atom stereocenters. The summed E-state index contributed by atoms with van der Waals surface area (Å²) in [7, 11) is 0. The zero-order chi connectivity index (χ0) is 20.1. The van der Waals surface area contributed by atoms with Gasteiger partial charge in [-0.2, -0.15) is 0 Å². The van der Waals surface area contributed by atoms with Gasteiger partial charge in [0.15, 0.2) is 5.69 Å². The molecule has 0 spiro atoms. The smallest absolute Gasteiger partial charge is 0.276 e. The summed E-state index contributed by atoms with van der Waals surface area (Å²) in [4.78, 5) is 37.1. The number of carbonyl (C=O) groups is 2. The van der Waals surface area contributed by atoms with Crippen LogP contribution in [0.15, 0.2) is 24.8 Å². The molecular weight excluding hydrogens is 374 g/mol. The van der Waals surface area contributed by atoms with Crippen molar-refractivity contribution in [3.8, 4) is 0 Å². The van der Waals surface area contributed by atoms with Crippen molar-refractivity contribution < 1.29 is 14.3 Å². The molecule has 0 radical (unpaired) electrons. The van der Waals surface area contributed by atoms with Crippen molar-refractivity contribution in [2.24, 2.45) is 0 Å². The maximum Gasteiger partial charge on any atom is 0.276 e. The third-order valence-corrected chi connectivity index (χ3v) is 5.42. The van der Waals surface area contributed by atoms with E-state index in [4.69, 9.17) is 4.74 Å². The fraction of sp³-hybridized carbons (Fsp3) is 0.579. The Kier molecular flexibility index (Phi) is 6.09. The molecule has 2 aliphatic rings. The first-order valence-electron chi connectivity index (χ1n) is 10.1. The molecule has 2 saturated heterocycles. The molecule has 10 nitrogen and oxygen atoms in total. The molecular formula is C19H25N7O3. The summed E-state index contributed by atoms with van der Waals surface area (Å²) in [5, 5.41) is 8.15. The van der Waals surface area contributed by atoms with Crippen LogP contribution in [0.3, 0.4) is 0 Å². The summed E-state index contributed by atoms with van der Waals surface area (Å²) in [6, 6.07) is 0.112. The lowest BCUT2D eigenvalue weighted by Gasteiger charge is -2.35. The quantitative estimate of drug-likeness (QED) is 0.726. The topological polar surface area (TPSA) is 106 Å². The van der Waals surface area contributed by atoms with Crippen LogP contribution in [-0.4, -0.2) is 85.5 Å². The predicted octanol–water partition coefficient (Wildman–Crippen LogP) is 0.626. The molecule has 2 amide bonds. The molecule has 10 heteroatoms. The van der Waals surface area contributed by atoms with Gasteiger partial charge in [-0.15, -0.1) is 5.10 Å². The van der Waals surface area contributed by atoms with Gasteiger partial charge in [-0.25, -0.2) is 4.98 Å². The Bertz CT molecular complexity index is 835. The van der Waals surface area contributed by atoms with Crippen LogP contribution in [0.2, 0.25) is 0 Å². The number of piperidine rings is 1. The minimum atomic E-state index is -0.114. The average molecular weight is 399 g/mol. The van der Waals surface area contributed by atoms with Crippen molar-refractivity contribution >= 4 is 11.8 Å². The molecule has 1 atom stereocenters. The van der Waals surface area contributed by atoms with Crippen molar-refractivity contribution in [1.82, 2.24) is 34.8 Å². The fourth-order valence-electron chi connectivity index (χ4n) is 3.84. The summed E-state index contributed by atoms with van der Waals surface area (Å²) in [5.41, 5.74) is 0.724. The van der Waals surface area contributed by atoms with Gasteiger partial charge in [0.25, 0.3) is 11.8 Å². The number of hydrogen-bond acceptors (Lipinski definition) is 7. The van der Waals surface area contributed by atoms with Gasteiger partial charge in [-0.1, -0.05) is 5.21 Å². The number of likely N-dealkylation sites (tertiary alicyclic amines) is 1. The molecule has 2 fully saturated rings. The standard InChI is InChI=1S/C19H25N7O3/c27-18(24-9-11-29-12-10-24)17-14-25(23-22-17)8-4-15-3-1-2-7-26(15)19(28)16-13-20-5-6-21-16/h5-6,13-15H,1-4,7-12H2. The van der Waals surface area contributed by atoms with Crippen molar-refractivity contribution in [1.29, 1.82) is 0 Å². The fourth-order valence-corrected chi connectivity index (χ4v) is 3.84. The number of aryl methyl sites for hydroxylation is 1. The van der Waals surface area contributed by atoms with Crippen LogP contribution in [0.1, 0.15) is 46.7 Å². The number of carbonyl (C=O) groups excluding carboxylic acids is 2. The Morgan fingerprint density at radius 1 is 1.07 bits per heavy atom. The second kappa shape index (κ2) is 9.08. The summed E-state index contributed by atoms with van der Waals surface area (Å²) < 4.78 is 6.97. The number of morpholine rings is 1. The highest BCUT2D eigenvalue weighted by molar-refractivity contribution is 5.92. The van der Waals surface area contributed by atoms with Crippen LogP contribution < -0.4 is 0 Å². The minimum absolute atomic E-state index is 0.0791. The molecule has 2 aromatic heterocycles. The van der Waals surface area contributed by atoms with Crippen LogP contribution in [0.4, 0.5) is 0 Å². The van der Waals surface area contributed by atoms with E-state index in [2.05, 4.69) is 20.3 Å². The van der Waals surface area contributed by atoms with E-state index in [1.54, 1.807) is 22.0 Å². The van der Waals surface area contributed by atoms with Gasteiger partial charge in [0.1, 0.15) is 5.69 Å². The number of rotatable bonds is 5. The highest BCUT2D eigenvalue weighted by atomic mass is 16.5. The highest BCUT2D eigenvalue weighted by Crippen LogP contribution is 2.22. The average Bonchev–Trinajstić information content (AvgIpc) is 3.27. The molecule has 29 heavy (non-hydrogen) atoms. The Balaban J connectivity index is 1.37. The molecule has 0 saturated carbocycles. The summed E-state index contributed by atoms with van der Waals surface area (Å²) in [6.07, 6.45) is 10.1. The Morgan fingerprint density at radius 2 is 1.93 bits per heavy atom. The predicted molar refractivity (Wildman–Crippen MR) is 102 cm³/mol. The molecule has 154 valence electrons. The first-order valence-corrected chi connectivity index (χ1v) is 10.1. The number of nitrogens with zero attached hydrogens (tertiary/aromatic N) is 7. The van der Waals surface area contributed by atoms with E-state index in [0.717, 1.165) is 32.2 Å². The van der Waals surface area contributed by atoms with E-state index >= 15 is 0 Å². The third kappa shape index (κ3) is 4.58. The highest BCUT2D eigenvalue weighted by Gasteiger charge is 2.28. The van der Waals surface area contributed by atoms with Crippen molar-refractivity contribution in [3.05, 3.63) is 36.2 Å². The van der Waals surface area contributed by atoms with E-state index in [-0.39, 0.29) is 17.9 Å². The largest absolute Gasteiger partial charge is 0.378 e. The molecule has 4 rings (SSSR count). The van der Waals surface area contributed by atoms with Crippen LogP contribution in [-0.2, 0) is 11.3 Å². The lowest BCUT2D eigenvalue weighted by molar-refractivity contribution is 0.0299. The van der Waals surface area contributed by atoms with Gasteiger partial charge >= 0.3 is 0 Å². The zero-order valence-electron chi connectivity index (χ0n) is 16.3. The Morgan fingerprint density at radius 3 is 2.72 bits per heavy atom. The summed E-state index contributed by atoms with van der Waals surface area (Å²) >= 11 is 0. The molecule has 0 N–H and O–H groups in total. The van der Waals surface area contributed by atoms with Crippen molar-refractivity contribution in [2.45, 2.75) is 38.3 Å². The van der Waals surface area contributed by atoms with Gasteiger partial charge < -0.3 is 14.5 Å². The second-order valence-corrected chi connectivity index (χ2v) is 7.30. The summed E-state index contributed by atoms with van der Waals surface area (Å²) in [6.45, 7) is 3.57. The van der Waals surface area contributed by atoms with Crippen LogP contribution in [0.25, 0.3) is 0 Å². The number of amides is 2. The van der Waals surface area contributed by atoms with E-state index in [1.165, 1.54) is 12.4 Å². The number of hydrogen-bond donors (Lipinski definition) is 0. The first-order chi connectivity index (χ1) is 14.2. The molecule has 0 aromatic carbocycles. The third-order valence-electron chi connectivity index (χ3n) is 5.42. The Hall–Kier alpha value is -2.88. The minimum Gasteiger partial charge on any atom is -0.378 e. The Labute approximate surface area is 168 Å². The van der Waals surface area contributed by atoms with Gasteiger partial charge in [-0.3, -0.25) is 19.3 Å². The van der Waals surface area contributed by atoms with Crippen LogP contribution in [0, 0.1) is 0 Å². The van der Waals surface area contributed by atoms with Gasteiger partial charge in [0.05, 0.1) is 25.6 Å². The molecule has 0 bridgehead atoms. The van der Waals surface area contributed by atoms with Gasteiger partial charge in [0, 0.05) is 44.6 Å². The lowest BCUT2D eigenvalue weighted by Crippen LogP contribution is -2.44. The zero-order valence-corrected chi connectivity index (χ0v) is 16.3. The number of ether oxygens (including phenoxy) is 1. The van der Waals surface area contributed by atoms with Crippen LogP contribution in [0.5, 0.6) is 0 Å².